The van der Waals surface area contributed by atoms with Gasteiger partial charge in [-0.05, 0) is 18.8 Å². The van der Waals surface area contributed by atoms with Gasteiger partial charge in [0, 0.05) is 31.0 Å². The number of hydrogen-bond acceptors (Lipinski definition) is 7. The summed E-state index contributed by atoms with van der Waals surface area (Å²) < 4.78 is 9.14. The molecule has 0 spiro atoms. The Balaban J connectivity index is 1.61. The van der Waals surface area contributed by atoms with Crippen LogP contribution in [-0.4, -0.2) is 43.7 Å². The molecule has 1 atom stereocenters. The molecule has 1 aliphatic rings. The van der Waals surface area contributed by atoms with Gasteiger partial charge in [-0.25, -0.2) is 4.79 Å². The summed E-state index contributed by atoms with van der Waals surface area (Å²) in [5.41, 5.74) is 0. The second kappa shape index (κ2) is 7.03. The Kier molecular flexibility index (Phi) is 4.85. The largest absolute Gasteiger partial charge is 0.339 e. The molecule has 0 saturated carbocycles. The van der Waals surface area contributed by atoms with Crippen LogP contribution in [0.25, 0.3) is 0 Å². The number of amides is 2. The van der Waals surface area contributed by atoms with E-state index in [1.807, 2.05) is 0 Å². The number of anilines is 1. The van der Waals surface area contributed by atoms with Crippen LogP contribution in [0.5, 0.6) is 0 Å². The molecular weight excluding hydrogens is 316 g/mol. The maximum Gasteiger partial charge on any atom is 0.322 e. The zero-order valence-electron chi connectivity index (χ0n) is 13.2. The van der Waals surface area contributed by atoms with Crippen molar-refractivity contribution in [3.05, 3.63) is 17.9 Å². The van der Waals surface area contributed by atoms with E-state index < -0.39 is 0 Å². The topological polar surface area (TPSA) is 97.0 Å². The maximum absolute atomic E-state index is 12.3. The van der Waals surface area contributed by atoms with Crippen LogP contribution in [-0.2, 0) is 6.42 Å². The van der Waals surface area contributed by atoms with Crippen molar-refractivity contribution in [2.75, 3.05) is 18.4 Å². The van der Waals surface area contributed by atoms with Crippen molar-refractivity contribution in [3.8, 4) is 0 Å². The first kappa shape index (κ1) is 15.9. The van der Waals surface area contributed by atoms with Crippen LogP contribution >= 0.6 is 11.5 Å². The molecular formula is C14H20N6O2S. The van der Waals surface area contributed by atoms with E-state index in [4.69, 9.17) is 4.52 Å². The molecule has 2 amide bonds. The van der Waals surface area contributed by atoms with Gasteiger partial charge in [0.1, 0.15) is 5.00 Å². The molecule has 0 aromatic carbocycles. The number of urea groups is 1. The van der Waals surface area contributed by atoms with Crippen molar-refractivity contribution < 1.29 is 9.32 Å². The average Bonchev–Trinajstić information content (AvgIpc) is 3.18. The molecule has 23 heavy (non-hydrogen) atoms. The number of rotatable bonds is 4. The Labute approximate surface area is 138 Å². The molecule has 0 unspecified atom stereocenters. The highest BCUT2D eigenvalue weighted by Crippen LogP contribution is 2.26. The molecule has 3 rings (SSSR count). The maximum atomic E-state index is 12.3. The summed E-state index contributed by atoms with van der Waals surface area (Å²) in [6.07, 6.45) is 4.22. The minimum absolute atomic E-state index is 0.0995. The number of carbonyl (C=O) groups is 1. The monoisotopic (exact) mass is 336 g/mol. The summed E-state index contributed by atoms with van der Waals surface area (Å²) in [4.78, 5) is 18.6. The third kappa shape index (κ3) is 4.04. The van der Waals surface area contributed by atoms with E-state index in [0.29, 0.717) is 23.4 Å². The van der Waals surface area contributed by atoms with Gasteiger partial charge in [0.15, 0.2) is 5.82 Å². The number of aromatic nitrogens is 4. The number of carbonyl (C=O) groups excluding carboxylic acids is 1. The molecule has 2 aromatic rings. The number of likely N-dealkylation sites (tertiary alicyclic amines) is 1. The van der Waals surface area contributed by atoms with Crippen LogP contribution < -0.4 is 5.32 Å². The normalized spacial score (nSPS) is 18.4. The molecule has 1 saturated heterocycles. The van der Waals surface area contributed by atoms with E-state index in [-0.39, 0.29) is 11.9 Å². The van der Waals surface area contributed by atoms with Crippen molar-refractivity contribution in [1.82, 2.24) is 24.6 Å². The van der Waals surface area contributed by atoms with E-state index in [2.05, 4.69) is 38.9 Å². The fourth-order valence-corrected chi connectivity index (χ4v) is 3.06. The fraction of sp³-hybridized carbons (Fsp3) is 0.643. The smallest absolute Gasteiger partial charge is 0.322 e. The minimum atomic E-state index is -0.136. The molecule has 124 valence electrons. The van der Waals surface area contributed by atoms with Crippen molar-refractivity contribution in [3.63, 3.8) is 0 Å². The highest BCUT2D eigenvalue weighted by Gasteiger charge is 2.28. The number of nitrogens with zero attached hydrogens (tertiary/aromatic N) is 5. The molecule has 1 N–H and O–H groups in total. The molecule has 0 bridgehead atoms. The van der Waals surface area contributed by atoms with Crippen molar-refractivity contribution in [1.29, 1.82) is 0 Å². The summed E-state index contributed by atoms with van der Waals surface area (Å²) in [5.74, 6) is 1.97. The van der Waals surface area contributed by atoms with Crippen LogP contribution in [0.15, 0.2) is 10.7 Å². The average molecular weight is 336 g/mol. The van der Waals surface area contributed by atoms with Crippen LogP contribution in [0, 0.1) is 5.92 Å². The van der Waals surface area contributed by atoms with Gasteiger partial charge in [0.05, 0.1) is 12.1 Å². The van der Waals surface area contributed by atoms with E-state index in [9.17, 15) is 4.79 Å². The predicted molar refractivity (Wildman–Crippen MR) is 85.3 cm³/mol. The van der Waals surface area contributed by atoms with Gasteiger partial charge in [0.2, 0.25) is 5.89 Å². The molecule has 2 aromatic heterocycles. The van der Waals surface area contributed by atoms with Crippen molar-refractivity contribution in [2.24, 2.45) is 5.92 Å². The van der Waals surface area contributed by atoms with Gasteiger partial charge in [-0.3, -0.25) is 5.32 Å². The van der Waals surface area contributed by atoms with Gasteiger partial charge in [-0.1, -0.05) is 23.5 Å². The number of hydrogen-bond donors (Lipinski definition) is 1. The molecule has 0 radical (unpaired) electrons. The zero-order valence-corrected chi connectivity index (χ0v) is 14.0. The number of piperidine rings is 1. The summed E-state index contributed by atoms with van der Waals surface area (Å²) in [6.45, 7) is 5.55. The molecule has 8 nitrogen and oxygen atoms in total. The lowest BCUT2D eigenvalue weighted by atomic mass is 9.98. The first-order chi connectivity index (χ1) is 11.1. The van der Waals surface area contributed by atoms with Gasteiger partial charge in [-0.15, -0.1) is 5.10 Å². The molecule has 1 aliphatic heterocycles. The van der Waals surface area contributed by atoms with E-state index in [1.54, 1.807) is 11.1 Å². The molecule has 9 heteroatoms. The van der Waals surface area contributed by atoms with Gasteiger partial charge >= 0.3 is 6.03 Å². The highest BCUT2D eigenvalue weighted by atomic mass is 32.1. The highest BCUT2D eigenvalue weighted by molar-refractivity contribution is 7.10. The Morgan fingerprint density at radius 3 is 3.17 bits per heavy atom. The van der Waals surface area contributed by atoms with Crippen LogP contribution in [0.4, 0.5) is 9.80 Å². The lowest BCUT2D eigenvalue weighted by Gasteiger charge is -2.30. The first-order valence-electron chi connectivity index (χ1n) is 7.77. The van der Waals surface area contributed by atoms with Gasteiger partial charge < -0.3 is 9.42 Å². The molecule has 1 fully saturated rings. The van der Waals surface area contributed by atoms with E-state index >= 15 is 0 Å². The Morgan fingerprint density at radius 2 is 2.43 bits per heavy atom. The standard InChI is InChI=1S/C14H20N6O2S/c1-9(2)6-11-16-13(22-18-11)10-4-3-5-20(8-10)14(21)17-12-7-15-19-23-12/h7,9-10H,3-6,8H2,1-2H3,(H,17,21)/t10-/m0/s1. The van der Waals surface area contributed by atoms with E-state index in [1.165, 1.54) is 0 Å². The lowest BCUT2D eigenvalue weighted by molar-refractivity contribution is 0.184. The number of nitrogens with one attached hydrogen (secondary N) is 1. The second-order valence-corrected chi connectivity index (χ2v) is 6.93. The summed E-state index contributed by atoms with van der Waals surface area (Å²) in [5, 5.41) is 11.2. The Bertz CT molecular complexity index is 641. The van der Waals surface area contributed by atoms with E-state index in [0.717, 1.165) is 43.2 Å². The predicted octanol–water partition coefficient (Wildman–Crippen LogP) is 2.53. The van der Waals surface area contributed by atoms with Crippen LogP contribution in [0.2, 0.25) is 0 Å². The first-order valence-corrected chi connectivity index (χ1v) is 8.55. The Morgan fingerprint density at radius 1 is 1.57 bits per heavy atom. The fourth-order valence-electron chi connectivity index (χ4n) is 2.65. The summed E-state index contributed by atoms with van der Waals surface area (Å²) in [7, 11) is 0. The van der Waals surface area contributed by atoms with Gasteiger partial charge in [-0.2, -0.15) is 4.98 Å². The van der Waals surface area contributed by atoms with Crippen LogP contribution in [0.3, 0.4) is 0 Å². The Hall–Kier alpha value is -2.03. The zero-order chi connectivity index (χ0) is 16.2. The quantitative estimate of drug-likeness (QED) is 0.921. The van der Waals surface area contributed by atoms with Crippen molar-refractivity contribution in [2.45, 2.75) is 39.0 Å². The lowest BCUT2D eigenvalue weighted by Crippen LogP contribution is -2.41. The SMILES string of the molecule is CC(C)Cc1noc([C@H]2CCCN(C(=O)Nc3cnns3)C2)n1. The van der Waals surface area contributed by atoms with Crippen LogP contribution in [0.1, 0.15) is 44.3 Å². The van der Waals surface area contributed by atoms with Crippen molar-refractivity contribution >= 4 is 22.6 Å². The molecule has 3 heterocycles. The minimum Gasteiger partial charge on any atom is -0.339 e. The summed E-state index contributed by atoms with van der Waals surface area (Å²) >= 11 is 1.16. The molecule has 0 aliphatic carbocycles. The second-order valence-electron chi connectivity index (χ2n) is 6.14. The van der Waals surface area contributed by atoms with Gasteiger partial charge in [0.25, 0.3) is 0 Å². The summed E-state index contributed by atoms with van der Waals surface area (Å²) in [6, 6.07) is -0.136. The third-order valence-corrected chi connectivity index (χ3v) is 4.30. The third-order valence-electron chi connectivity index (χ3n) is 3.72.